The van der Waals surface area contributed by atoms with Crippen LogP contribution in [0.5, 0.6) is 11.5 Å². The molecule has 1 amide bonds. The third-order valence-corrected chi connectivity index (χ3v) is 4.78. The van der Waals surface area contributed by atoms with E-state index in [2.05, 4.69) is 11.4 Å². The molecule has 0 aromatic heterocycles. The number of ether oxygens (including phenoxy) is 2. The van der Waals surface area contributed by atoms with Gasteiger partial charge in [0.05, 0.1) is 20.8 Å². The van der Waals surface area contributed by atoms with Crippen LogP contribution < -0.4 is 19.7 Å². The molecule has 2 aromatic rings. The molecule has 1 unspecified atom stereocenters. The van der Waals surface area contributed by atoms with Gasteiger partial charge in [-0.2, -0.15) is 0 Å². The fourth-order valence-electron chi connectivity index (χ4n) is 2.99. The lowest BCUT2D eigenvalue weighted by Crippen LogP contribution is -3.12. The second kappa shape index (κ2) is 9.42. The predicted octanol–water partition coefficient (Wildman–Crippen LogP) is 2.75. The van der Waals surface area contributed by atoms with Crippen LogP contribution in [0.3, 0.4) is 0 Å². The Hall–Kier alpha value is -2.53. The second-order valence-corrected chi connectivity index (χ2v) is 6.97. The Labute approximate surface area is 162 Å². The van der Waals surface area contributed by atoms with Crippen molar-refractivity contribution in [2.24, 2.45) is 0 Å². The average Bonchev–Trinajstić information content (AvgIpc) is 2.64. The van der Waals surface area contributed by atoms with Crippen LogP contribution in [0.1, 0.15) is 30.5 Å². The van der Waals surface area contributed by atoms with Crippen molar-refractivity contribution in [3.63, 3.8) is 0 Å². The lowest BCUT2D eigenvalue weighted by atomic mass is 10.1. The number of hydrogen-bond acceptors (Lipinski definition) is 3. The predicted molar refractivity (Wildman–Crippen MR) is 109 cm³/mol. The van der Waals surface area contributed by atoms with Gasteiger partial charge in [-0.3, -0.25) is 4.79 Å². The van der Waals surface area contributed by atoms with Crippen molar-refractivity contribution in [3.8, 4) is 11.5 Å². The minimum absolute atomic E-state index is 0.0114. The summed E-state index contributed by atoms with van der Waals surface area (Å²) < 4.78 is 11.0. The average molecular weight is 372 g/mol. The van der Waals surface area contributed by atoms with Crippen LogP contribution in [0.25, 0.3) is 0 Å². The van der Waals surface area contributed by atoms with Gasteiger partial charge >= 0.3 is 0 Å². The van der Waals surface area contributed by atoms with E-state index < -0.39 is 0 Å². The zero-order valence-corrected chi connectivity index (χ0v) is 17.2. The van der Waals surface area contributed by atoms with E-state index in [0.29, 0.717) is 13.2 Å². The molecule has 0 aliphatic rings. The van der Waals surface area contributed by atoms with Crippen molar-refractivity contribution in [2.45, 2.75) is 40.3 Å². The summed E-state index contributed by atoms with van der Waals surface area (Å²) in [5.74, 6) is 1.47. The molecule has 0 bridgehead atoms. The number of carbonyl (C=O) groups excluding carboxylic acids is 1. The van der Waals surface area contributed by atoms with Crippen molar-refractivity contribution in [2.75, 3.05) is 26.1 Å². The highest BCUT2D eigenvalue weighted by Crippen LogP contribution is 2.27. The summed E-state index contributed by atoms with van der Waals surface area (Å²) >= 11 is 0. The first kappa shape index (κ1) is 20.8. The second-order valence-electron chi connectivity index (χ2n) is 6.97. The monoisotopic (exact) mass is 371 g/mol. The van der Waals surface area contributed by atoms with E-state index in [1.807, 2.05) is 65.1 Å². The smallest absolute Gasteiger partial charge is 0.282 e. The van der Waals surface area contributed by atoms with Crippen LogP contribution in [0.15, 0.2) is 36.4 Å². The fraction of sp³-hybridized carbons (Fsp3) is 0.409. The molecule has 0 fully saturated rings. The number of rotatable bonds is 8. The van der Waals surface area contributed by atoms with Crippen LogP contribution in [0.2, 0.25) is 0 Å². The molecule has 27 heavy (non-hydrogen) atoms. The van der Waals surface area contributed by atoms with E-state index in [9.17, 15) is 4.79 Å². The topological polar surface area (TPSA) is 52.0 Å². The van der Waals surface area contributed by atoms with Gasteiger partial charge in [-0.25, -0.2) is 0 Å². The van der Waals surface area contributed by atoms with Crippen molar-refractivity contribution in [1.29, 1.82) is 0 Å². The first-order chi connectivity index (χ1) is 12.8. The highest BCUT2D eigenvalue weighted by Gasteiger charge is 2.23. The van der Waals surface area contributed by atoms with E-state index in [1.54, 1.807) is 7.11 Å². The maximum atomic E-state index is 12.7. The van der Waals surface area contributed by atoms with E-state index in [4.69, 9.17) is 9.47 Å². The van der Waals surface area contributed by atoms with E-state index in [-0.39, 0.29) is 11.9 Å². The van der Waals surface area contributed by atoms with Gasteiger partial charge in [-0.05, 0) is 57.5 Å². The number of hydrogen-bond donors (Lipinski definition) is 2. The minimum atomic E-state index is -0.191. The Morgan fingerprint density at radius 1 is 1.15 bits per heavy atom. The molecule has 0 saturated carbocycles. The zero-order chi connectivity index (χ0) is 20.0. The molecular formula is C22H31N2O3+. The molecule has 5 heteroatoms. The first-order valence-corrected chi connectivity index (χ1v) is 9.35. The number of benzene rings is 2. The van der Waals surface area contributed by atoms with Crippen molar-refractivity contribution < 1.29 is 19.2 Å². The molecule has 0 aliphatic carbocycles. The maximum absolute atomic E-state index is 12.7. The third-order valence-electron chi connectivity index (χ3n) is 4.78. The number of quaternary nitrogens is 1. The molecule has 2 N–H and O–H groups in total. The SMILES string of the molecule is CCOc1ccc(C[NH+](C)[C@@H](C)C(=O)Nc2ccc(C)cc2C)cc1OC. The van der Waals surface area contributed by atoms with Crippen LogP contribution in [0, 0.1) is 13.8 Å². The summed E-state index contributed by atoms with van der Waals surface area (Å²) in [6.07, 6.45) is 0. The molecular weight excluding hydrogens is 340 g/mol. The lowest BCUT2D eigenvalue weighted by Gasteiger charge is -2.22. The summed E-state index contributed by atoms with van der Waals surface area (Å²) in [7, 11) is 3.66. The normalized spacial score (nSPS) is 13.0. The van der Waals surface area contributed by atoms with Gasteiger partial charge in [-0.15, -0.1) is 0 Å². The Kier molecular flexibility index (Phi) is 7.25. The molecule has 0 saturated heterocycles. The Bertz CT molecular complexity index is 789. The van der Waals surface area contributed by atoms with E-state index in [0.717, 1.165) is 33.2 Å². The number of aryl methyl sites for hydroxylation is 2. The zero-order valence-electron chi connectivity index (χ0n) is 17.2. The van der Waals surface area contributed by atoms with Crippen LogP contribution in [-0.4, -0.2) is 32.7 Å². The molecule has 0 radical (unpaired) electrons. The number of methoxy groups -OCH3 is 1. The molecule has 146 valence electrons. The molecule has 0 spiro atoms. The number of anilines is 1. The summed E-state index contributed by atoms with van der Waals surface area (Å²) in [5, 5.41) is 3.05. The fourth-order valence-corrected chi connectivity index (χ4v) is 2.99. The van der Waals surface area contributed by atoms with Gasteiger partial charge in [0.1, 0.15) is 6.54 Å². The Morgan fingerprint density at radius 3 is 2.52 bits per heavy atom. The van der Waals surface area contributed by atoms with Gasteiger partial charge in [0.25, 0.3) is 5.91 Å². The summed E-state index contributed by atoms with van der Waals surface area (Å²) in [6.45, 7) is 9.25. The third kappa shape index (κ3) is 5.47. The Balaban J connectivity index is 2.04. The molecule has 2 rings (SSSR count). The van der Waals surface area contributed by atoms with Gasteiger partial charge in [0.2, 0.25) is 0 Å². The van der Waals surface area contributed by atoms with Crippen LogP contribution in [0.4, 0.5) is 5.69 Å². The Morgan fingerprint density at radius 2 is 1.89 bits per heavy atom. The molecule has 0 heterocycles. The molecule has 5 nitrogen and oxygen atoms in total. The van der Waals surface area contributed by atoms with Gasteiger partial charge < -0.3 is 19.7 Å². The highest BCUT2D eigenvalue weighted by molar-refractivity contribution is 5.94. The van der Waals surface area contributed by atoms with Crippen molar-refractivity contribution in [3.05, 3.63) is 53.1 Å². The summed E-state index contributed by atoms with van der Waals surface area (Å²) in [5.41, 5.74) is 4.22. The largest absolute Gasteiger partial charge is 0.493 e. The number of carbonyl (C=O) groups is 1. The van der Waals surface area contributed by atoms with Crippen molar-refractivity contribution >= 4 is 11.6 Å². The van der Waals surface area contributed by atoms with Crippen LogP contribution in [-0.2, 0) is 11.3 Å². The number of amides is 1. The minimum Gasteiger partial charge on any atom is -0.493 e. The van der Waals surface area contributed by atoms with Gasteiger partial charge in [0, 0.05) is 11.3 Å². The van der Waals surface area contributed by atoms with Crippen LogP contribution >= 0.6 is 0 Å². The maximum Gasteiger partial charge on any atom is 0.282 e. The van der Waals surface area contributed by atoms with E-state index >= 15 is 0 Å². The highest BCUT2D eigenvalue weighted by atomic mass is 16.5. The van der Waals surface area contributed by atoms with E-state index in [1.165, 1.54) is 5.56 Å². The first-order valence-electron chi connectivity index (χ1n) is 9.35. The summed E-state index contributed by atoms with van der Waals surface area (Å²) in [6, 6.07) is 11.8. The standard InChI is InChI=1S/C22H30N2O3/c1-7-27-20-11-9-18(13-21(20)26-6)14-24(5)17(4)22(25)23-19-10-8-15(2)12-16(19)3/h8-13,17H,7,14H2,1-6H3,(H,23,25)/p+1/t17-/m0/s1. The molecule has 0 aliphatic heterocycles. The number of likely N-dealkylation sites (N-methyl/N-ethyl adjacent to an activating group) is 1. The van der Waals surface area contributed by atoms with Crippen molar-refractivity contribution in [1.82, 2.24) is 0 Å². The molecule has 2 aromatic carbocycles. The van der Waals surface area contributed by atoms with Gasteiger partial charge in [-0.1, -0.05) is 17.7 Å². The number of nitrogens with one attached hydrogen (secondary N) is 2. The molecule has 2 atom stereocenters. The summed E-state index contributed by atoms with van der Waals surface area (Å²) in [4.78, 5) is 13.8. The quantitative estimate of drug-likeness (QED) is 0.750. The lowest BCUT2D eigenvalue weighted by molar-refractivity contribution is -0.907. The van der Waals surface area contributed by atoms with Gasteiger partial charge in [0.15, 0.2) is 17.5 Å².